The first-order chi connectivity index (χ1) is 9.74. The van der Waals surface area contributed by atoms with Crippen molar-refractivity contribution in [3.05, 3.63) is 46.2 Å². The van der Waals surface area contributed by atoms with Gasteiger partial charge in [0.05, 0.1) is 5.56 Å². The third-order valence-corrected chi connectivity index (χ3v) is 4.11. The van der Waals surface area contributed by atoms with E-state index in [1.165, 1.54) is 19.3 Å². The number of likely N-dealkylation sites (tertiary alicyclic amines) is 1. The molecule has 0 N–H and O–H groups in total. The molecule has 0 bridgehead atoms. The molecular formula is C15H15BrN2O2. The van der Waals surface area contributed by atoms with E-state index in [0.717, 1.165) is 23.1 Å². The van der Waals surface area contributed by atoms with Crippen LogP contribution in [0.2, 0.25) is 0 Å². The molecule has 0 saturated carbocycles. The fourth-order valence-electron chi connectivity index (χ4n) is 2.37. The third kappa shape index (κ3) is 2.77. The SMILES string of the molecule is O=C1OC(c2ccccc2Br)=NC1=CN1CCCCC1. The number of cyclic esters (lactones) is 1. The van der Waals surface area contributed by atoms with Gasteiger partial charge in [0.15, 0.2) is 5.70 Å². The van der Waals surface area contributed by atoms with Crippen molar-refractivity contribution in [1.29, 1.82) is 0 Å². The van der Waals surface area contributed by atoms with Gasteiger partial charge in [-0.2, -0.15) is 0 Å². The second-order valence-corrected chi connectivity index (χ2v) is 5.75. The van der Waals surface area contributed by atoms with Gasteiger partial charge >= 0.3 is 5.97 Å². The molecule has 104 valence electrons. The van der Waals surface area contributed by atoms with E-state index in [2.05, 4.69) is 25.8 Å². The molecule has 0 spiro atoms. The lowest BCUT2D eigenvalue weighted by Gasteiger charge is -2.24. The maximum atomic E-state index is 11.9. The van der Waals surface area contributed by atoms with Crippen LogP contribution in [0.4, 0.5) is 0 Å². The summed E-state index contributed by atoms with van der Waals surface area (Å²) in [6.07, 6.45) is 5.42. The Morgan fingerprint density at radius 1 is 1.20 bits per heavy atom. The van der Waals surface area contributed by atoms with Crippen molar-refractivity contribution in [1.82, 2.24) is 4.90 Å². The second kappa shape index (κ2) is 5.79. The van der Waals surface area contributed by atoms with Gasteiger partial charge in [-0.25, -0.2) is 9.79 Å². The van der Waals surface area contributed by atoms with E-state index in [-0.39, 0.29) is 5.97 Å². The number of nitrogens with zero attached hydrogens (tertiary/aromatic N) is 2. The lowest BCUT2D eigenvalue weighted by atomic mass is 10.1. The molecular weight excluding hydrogens is 320 g/mol. The van der Waals surface area contributed by atoms with Gasteiger partial charge in [-0.3, -0.25) is 0 Å². The summed E-state index contributed by atoms with van der Waals surface area (Å²) < 4.78 is 6.13. The minimum atomic E-state index is -0.374. The largest absolute Gasteiger partial charge is 0.402 e. The Morgan fingerprint density at radius 3 is 2.70 bits per heavy atom. The smallest absolute Gasteiger partial charge is 0.365 e. The fraction of sp³-hybridized carbons (Fsp3) is 0.333. The maximum absolute atomic E-state index is 11.9. The molecule has 2 heterocycles. The number of benzene rings is 1. The van der Waals surface area contributed by atoms with Gasteiger partial charge in [0, 0.05) is 23.8 Å². The van der Waals surface area contributed by atoms with Crippen LogP contribution in [0.3, 0.4) is 0 Å². The number of halogens is 1. The monoisotopic (exact) mass is 334 g/mol. The minimum absolute atomic E-state index is 0.366. The number of piperidine rings is 1. The fourth-order valence-corrected chi connectivity index (χ4v) is 2.82. The topological polar surface area (TPSA) is 41.9 Å². The lowest BCUT2D eigenvalue weighted by Crippen LogP contribution is -2.25. The van der Waals surface area contributed by atoms with Crippen LogP contribution < -0.4 is 0 Å². The van der Waals surface area contributed by atoms with Crippen LogP contribution in [0.5, 0.6) is 0 Å². The summed E-state index contributed by atoms with van der Waals surface area (Å²) in [6, 6.07) is 7.58. The zero-order valence-corrected chi connectivity index (χ0v) is 12.6. The zero-order chi connectivity index (χ0) is 13.9. The summed E-state index contributed by atoms with van der Waals surface area (Å²) in [5.41, 5.74) is 1.18. The first kappa shape index (κ1) is 13.4. The second-order valence-electron chi connectivity index (χ2n) is 4.90. The average Bonchev–Trinajstić information content (AvgIpc) is 2.81. The molecule has 1 saturated heterocycles. The molecule has 3 rings (SSSR count). The van der Waals surface area contributed by atoms with Gasteiger partial charge in [-0.05, 0) is 47.3 Å². The summed E-state index contributed by atoms with van der Waals surface area (Å²) in [7, 11) is 0. The Hall–Kier alpha value is -1.62. The number of hydrogen-bond donors (Lipinski definition) is 0. The molecule has 0 amide bonds. The van der Waals surface area contributed by atoms with Crippen LogP contribution in [-0.4, -0.2) is 29.9 Å². The first-order valence-electron chi connectivity index (χ1n) is 6.76. The molecule has 4 nitrogen and oxygen atoms in total. The quantitative estimate of drug-likeness (QED) is 0.616. The van der Waals surface area contributed by atoms with E-state index in [1.807, 2.05) is 30.5 Å². The van der Waals surface area contributed by atoms with Gasteiger partial charge in [0.2, 0.25) is 5.90 Å². The van der Waals surface area contributed by atoms with E-state index in [0.29, 0.717) is 11.6 Å². The van der Waals surface area contributed by atoms with E-state index in [9.17, 15) is 4.79 Å². The number of carbonyl (C=O) groups excluding carboxylic acids is 1. The van der Waals surface area contributed by atoms with Crippen molar-refractivity contribution in [3.8, 4) is 0 Å². The molecule has 0 aliphatic carbocycles. The maximum Gasteiger partial charge on any atom is 0.365 e. The van der Waals surface area contributed by atoms with E-state index < -0.39 is 0 Å². The third-order valence-electron chi connectivity index (χ3n) is 3.42. The Bertz CT molecular complexity index is 589. The molecule has 0 radical (unpaired) electrons. The Labute approximate surface area is 126 Å². The molecule has 2 aliphatic rings. The molecule has 0 aromatic heterocycles. The highest BCUT2D eigenvalue weighted by Crippen LogP contribution is 2.23. The Balaban J connectivity index is 1.85. The van der Waals surface area contributed by atoms with E-state index >= 15 is 0 Å². The van der Waals surface area contributed by atoms with Gasteiger partial charge in [-0.15, -0.1) is 0 Å². The summed E-state index contributed by atoms with van der Waals surface area (Å²) in [5, 5.41) is 0. The van der Waals surface area contributed by atoms with Crippen LogP contribution in [0, 0.1) is 0 Å². The van der Waals surface area contributed by atoms with Crippen LogP contribution in [0.25, 0.3) is 0 Å². The van der Waals surface area contributed by atoms with E-state index in [4.69, 9.17) is 4.74 Å². The Morgan fingerprint density at radius 2 is 1.95 bits per heavy atom. The van der Waals surface area contributed by atoms with Gasteiger partial charge in [0.1, 0.15) is 0 Å². The highest BCUT2D eigenvalue weighted by molar-refractivity contribution is 9.10. The minimum Gasteiger partial charge on any atom is -0.402 e. The highest BCUT2D eigenvalue weighted by atomic mass is 79.9. The van der Waals surface area contributed by atoms with Crippen molar-refractivity contribution >= 4 is 27.8 Å². The molecule has 20 heavy (non-hydrogen) atoms. The zero-order valence-electron chi connectivity index (χ0n) is 11.0. The van der Waals surface area contributed by atoms with Crippen molar-refractivity contribution in [3.63, 3.8) is 0 Å². The number of aliphatic imine (C=N–C) groups is 1. The molecule has 1 aromatic rings. The summed E-state index contributed by atoms with van der Waals surface area (Å²) in [4.78, 5) is 18.4. The van der Waals surface area contributed by atoms with E-state index in [1.54, 1.807) is 0 Å². The molecule has 2 aliphatic heterocycles. The lowest BCUT2D eigenvalue weighted by molar-refractivity contribution is -0.130. The highest BCUT2D eigenvalue weighted by Gasteiger charge is 2.26. The molecule has 0 atom stereocenters. The molecule has 1 aromatic carbocycles. The van der Waals surface area contributed by atoms with Gasteiger partial charge < -0.3 is 9.64 Å². The van der Waals surface area contributed by atoms with Crippen molar-refractivity contribution in [2.75, 3.05) is 13.1 Å². The van der Waals surface area contributed by atoms with Gasteiger partial charge in [-0.1, -0.05) is 12.1 Å². The number of carbonyl (C=O) groups is 1. The first-order valence-corrected chi connectivity index (χ1v) is 7.55. The number of esters is 1. The summed E-state index contributed by atoms with van der Waals surface area (Å²) in [6.45, 7) is 1.97. The average molecular weight is 335 g/mol. The Kier molecular flexibility index (Phi) is 3.87. The number of rotatable bonds is 2. The van der Waals surface area contributed by atoms with Crippen molar-refractivity contribution in [2.24, 2.45) is 4.99 Å². The van der Waals surface area contributed by atoms with Crippen LogP contribution in [-0.2, 0) is 9.53 Å². The van der Waals surface area contributed by atoms with Crippen LogP contribution >= 0.6 is 15.9 Å². The predicted molar refractivity (Wildman–Crippen MR) is 80.3 cm³/mol. The standard InChI is InChI=1S/C15H15BrN2O2/c16-12-7-3-2-6-11(12)14-17-13(15(19)20-14)10-18-8-4-1-5-9-18/h2-3,6-7,10H,1,4-5,8-9H2. The molecule has 1 fully saturated rings. The van der Waals surface area contributed by atoms with Gasteiger partial charge in [0.25, 0.3) is 0 Å². The predicted octanol–water partition coefficient (Wildman–Crippen LogP) is 3.08. The van der Waals surface area contributed by atoms with Crippen LogP contribution in [0.15, 0.2) is 45.6 Å². The molecule has 0 unspecified atom stereocenters. The molecule has 5 heteroatoms. The number of ether oxygens (including phenoxy) is 1. The normalized spacial score (nSPS) is 21.1. The summed E-state index contributed by atoms with van der Waals surface area (Å²) in [5.74, 6) is -0.00735. The summed E-state index contributed by atoms with van der Waals surface area (Å²) >= 11 is 3.44. The van der Waals surface area contributed by atoms with Crippen LogP contribution in [0.1, 0.15) is 24.8 Å². The number of hydrogen-bond acceptors (Lipinski definition) is 4. The van der Waals surface area contributed by atoms with Crippen molar-refractivity contribution < 1.29 is 9.53 Å². The van der Waals surface area contributed by atoms with Crippen molar-refractivity contribution in [2.45, 2.75) is 19.3 Å².